The highest BCUT2D eigenvalue weighted by Gasteiger charge is 2.12. The van der Waals surface area contributed by atoms with Crippen molar-refractivity contribution in [2.45, 2.75) is 26.8 Å². The topological polar surface area (TPSA) is 25.2 Å². The lowest BCUT2D eigenvalue weighted by Crippen LogP contribution is -2.12. The van der Waals surface area contributed by atoms with Crippen molar-refractivity contribution in [3.05, 3.63) is 47.2 Å². The van der Waals surface area contributed by atoms with Crippen molar-refractivity contribution in [3.8, 4) is 11.3 Å². The Balaban J connectivity index is 2.20. The van der Waals surface area contributed by atoms with E-state index >= 15 is 0 Å². The highest BCUT2D eigenvalue weighted by Crippen LogP contribution is 2.27. The predicted octanol–water partition coefficient (Wildman–Crippen LogP) is 4.03. The second-order valence-electron chi connectivity index (χ2n) is 4.52. The second-order valence-corrected chi connectivity index (χ2v) is 4.52. The van der Waals surface area contributed by atoms with Crippen molar-refractivity contribution in [3.63, 3.8) is 0 Å². The van der Waals surface area contributed by atoms with Gasteiger partial charge in [0, 0.05) is 6.07 Å². The van der Waals surface area contributed by atoms with Gasteiger partial charge in [-0.1, -0.05) is 6.92 Å². The van der Waals surface area contributed by atoms with Crippen LogP contribution in [0.4, 0.5) is 8.78 Å². The summed E-state index contributed by atoms with van der Waals surface area (Å²) in [5.41, 5.74) is 0.694. The molecule has 0 atom stereocenters. The molecule has 0 amide bonds. The van der Waals surface area contributed by atoms with E-state index in [2.05, 4.69) is 12.2 Å². The third-order valence-corrected chi connectivity index (χ3v) is 2.90. The largest absolute Gasteiger partial charge is 0.460 e. The molecule has 0 aliphatic rings. The van der Waals surface area contributed by atoms with Gasteiger partial charge in [-0.3, -0.25) is 0 Å². The zero-order chi connectivity index (χ0) is 13.8. The Labute approximate surface area is 111 Å². The summed E-state index contributed by atoms with van der Waals surface area (Å²) in [5.74, 6) is 0.0156. The average Bonchev–Trinajstić information content (AvgIpc) is 2.83. The summed E-state index contributed by atoms with van der Waals surface area (Å²) in [6, 6.07) is 5.86. The highest BCUT2D eigenvalue weighted by atomic mass is 19.1. The minimum Gasteiger partial charge on any atom is -0.460 e. The SMILES string of the molecule is CCCNCc1ccc(-c2cc(C)c(F)cc2F)o1. The first-order valence-electron chi connectivity index (χ1n) is 6.37. The van der Waals surface area contributed by atoms with Crippen LogP contribution in [0.5, 0.6) is 0 Å². The van der Waals surface area contributed by atoms with Crippen LogP contribution < -0.4 is 5.32 Å². The van der Waals surface area contributed by atoms with Gasteiger partial charge in [0.25, 0.3) is 0 Å². The zero-order valence-corrected chi connectivity index (χ0v) is 11.1. The highest BCUT2D eigenvalue weighted by molar-refractivity contribution is 5.59. The molecule has 0 bridgehead atoms. The Morgan fingerprint density at radius 2 is 1.95 bits per heavy atom. The maximum atomic E-state index is 13.7. The third-order valence-electron chi connectivity index (χ3n) is 2.90. The summed E-state index contributed by atoms with van der Waals surface area (Å²) in [7, 11) is 0. The van der Waals surface area contributed by atoms with Crippen LogP contribution >= 0.6 is 0 Å². The summed E-state index contributed by atoms with van der Waals surface area (Å²) < 4.78 is 32.5. The van der Waals surface area contributed by atoms with E-state index in [4.69, 9.17) is 4.42 Å². The zero-order valence-electron chi connectivity index (χ0n) is 11.1. The van der Waals surface area contributed by atoms with Crippen LogP contribution in [0.2, 0.25) is 0 Å². The molecular weight excluding hydrogens is 248 g/mol. The first kappa shape index (κ1) is 13.7. The summed E-state index contributed by atoms with van der Waals surface area (Å²) in [5, 5.41) is 3.20. The number of rotatable bonds is 5. The Kier molecular flexibility index (Phi) is 4.32. The summed E-state index contributed by atoms with van der Waals surface area (Å²) >= 11 is 0. The molecule has 1 N–H and O–H groups in total. The molecular formula is C15H17F2NO. The number of halogens is 2. The molecule has 102 valence electrons. The maximum Gasteiger partial charge on any atom is 0.137 e. The molecule has 1 aromatic heterocycles. The minimum atomic E-state index is -0.606. The molecule has 4 heteroatoms. The van der Waals surface area contributed by atoms with E-state index in [-0.39, 0.29) is 0 Å². The van der Waals surface area contributed by atoms with Gasteiger partial charge < -0.3 is 9.73 Å². The van der Waals surface area contributed by atoms with Crippen LogP contribution in [-0.2, 0) is 6.54 Å². The Bertz CT molecular complexity index is 563. The van der Waals surface area contributed by atoms with E-state index in [9.17, 15) is 8.78 Å². The number of hydrogen-bond acceptors (Lipinski definition) is 2. The molecule has 0 aliphatic heterocycles. The second kappa shape index (κ2) is 5.97. The lowest BCUT2D eigenvalue weighted by atomic mass is 10.1. The fourth-order valence-electron chi connectivity index (χ4n) is 1.85. The van der Waals surface area contributed by atoms with Crippen LogP contribution in [0.3, 0.4) is 0 Å². The van der Waals surface area contributed by atoms with Gasteiger partial charge in [0.2, 0.25) is 0 Å². The van der Waals surface area contributed by atoms with Crippen molar-refractivity contribution in [1.29, 1.82) is 0 Å². The van der Waals surface area contributed by atoms with Crippen molar-refractivity contribution in [1.82, 2.24) is 5.32 Å². The normalized spacial score (nSPS) is 10.9. The summed E-state index contributed by atoms with van der Waals surface area (Å²) in [6.07, 6.45) is 1.04. The van der Waals surface area contributed by atoms with Crippen LogP contribution in [-0.4, -0.2) is 6.54 Å². The van der Waals surface area contributed by atoms with E-state index in [0.717, 1.165) is 24.8 Å². The first-order chi connectivity index (χ1) is 9.11. The van der Waals surface area contributed by atoms with Crippen molar-refractivity contribution >= 4 is 0 Å². The Hall–Kier alpha value is -1.68. The van der Waals surface area contributed by atoms with Gasteiger partial charge in [-0.05, 0) is 43.7 Å². The number of aryl methyl sites for hydroxylation is 1. The van der Waals surface area contributed by atoms with Gasteiger partial charge in [0.15, 0.2) is 0 Å². The van der Waals surface area contributed by atoms with Crippen LogP contribution in [0, 0.1) is 18.6 Å². The van der Waals surface area contributed by atoms with Crippen molar-refractivity contribution < 1.29 is 13.2 Å². The molecule has 0 radical (unpaired) electrons. The fourth-order valence-corrected chi connectivity index (χ4v) is 1.85. The summed E-state index contributed by atoms with van der Waals surface area (Å²) in [4.78, 5) is 0. The average molecular weight is 265 g/mol. The van der Waals surface area contributed by atoms with Gasteiger partial charge >= 0.3 is 0 Å². The molecule has 1 aromatic carbocycles. The number of nitrogens with one attached hydrogen (secondary N) is 1. The summed E-state index contributed by atoms with van der Waals surface area (Å²) in [6.45, 7) is 5.19. The molecule has 1 heterocycles. The van der Waals surface area contributed by atoms with Crippen molar-refractivity contribution in [2.24, 2.45) is 0 Å². The van der Waals surface area contributed by atoms with E-state index < -0.39 is 11.6 Å². The number of benzene rings is 1. The number of furan rings is 1. The molecule has 2 nitrogen and oxygen atoms in total. The van der Waals surface area contributed by atoms with E-state index in [1.807, 2.05) is 0 Å². The minimum absolute atomic E-state index is 0.292. The monoisotopic (exact) mass is 265 g/mol. The molecule has 19 heavy (non-hydrogen) atoms. The molecule has 0 saturated carbocycles. The molecule has 0 unspecified atom stereocenters. The van der Waals surface area contributed by atoms with Gasteiger partial charge in [-0.25, -0.2) is 8.78 Å². The molecule has 0 spiro atoms. The van der Waals surface area contributed by atoms with Gasteiger partial charge in [-0.2, -0.15) is 0 Å². The molecule has 2 aromatic rings. The lowest BCUT2D eigenvalue weighted by molar-refractivity contribution is 0.489. The van der Waals surface area contributed by atoms with E-state index in [0.29, 0.717) is 23.4 Å². The van der Waals surface area contributed by atoms with Crippen molar-refractivity contribution in [2.75, 3.05) is 6.54 Å². The molecule has 2 rings (SSSR count). The lowest BCUT2D eigenvalue weighted by Gasteiger charge is -2.03. The quantitative estimate of drug-likeness (QED) is 0.826. The van der Waals surface area contributed by atoms with Crippen LogP contribution in [0.25, 0.3) is 11.3 Å². The molecule has 0 fully saturated rings. The van der Waals surface area contributed by atoms with Gasteiger partial charge in [0.1, 0.15) is 23.2 Å². The Morgan fingerprint density at radius 3 is 2.68 bits per heavy atom. The first-order valence-corrected chi connectivity index (χ1v) is 6.37. The van der Waals surface area contributed by atoms with Gasteiger partial charge in [-0.15, -0.1) is 0 Å². The fraction of sp³-hybridized carbons (Fsp3) is 0.333. The third kappa shape index (κ3) is 3.20. The van der Waals surface area contributed by atoms with Gasteiger partial charge in [0.05, 0.1) is 12.1 Å². The maximum absolute atomic E-state index is 13.7. The van der Waals surface area contributed by atoms with Crippen LogP contribution in [0.15, 0.2) is 28.7 Å². The Morgan fingerprint density at radius 1 is 1.16 bits per heavy atom. The van der Waals surface area contributed by atoms with E-state index in [1.54, 1.807) is 19.1 Å². The molecule has 0 saturated heterocycles. The standard InChI is InChI=1S/C15H17F2NO/c1-3-6-18-9-11-4-5-15(19-11)12-7-10(2)13(16)8-14(12)17/h4-5,7-8,18H,3,6,9H2,1-2H3. The molecule has 0 aliphatic carbocycles. The smallest absolute Gasteiger partial charge is 0.137 e. The number of hydrogen-bond donors (Lipinski definition) is 1. The van der Waals surface area contributed by atoms with Crippen LogP contribution in [0.1, 0.15) is 24.7 Å². The predicted molar refractivity (Wildman–Crippen MR) is 70.8 cm³/mol. The van der Waals surface area contributed by atoms with E-state index in [1.165, 1.54) is 6.07 Å².